The summed E-state index contributed by atoms with van der Waals surface area (Å²) in [6.07, 6.45) is 4.07. The second-order valence-corrected chi connectivity index (χ2v) is 6.89. The zero-order chi connectivity index (χ0) is 18.4. The van der Waals surface area contributed by atoms with E-state index in [1.165, 1.54) is 11.1 Å². The summed E-state index contributed by atoms with van der Waals surface area (Å²) in [6.45, 7) is 6.78. The Kier molecular flexibility index (Phi) is 6.17. The Hall–Kier alpha value is -2.47. The number of carbonyl (C=O) groups is 1. The van der Waals surface area contributed by atoms with Gasteiger partial charge in [-0.2, -0.15) is 0 Å². The van der Waals surface area contributed by atoms with Gasteiger partial charge in [-0.25, -0.2) is 9.97 Å². The average Bonchev–Trinajstić information content (AvgIpc) is 2.69. The summed E-state index contributed by atoms with van der Waals surface area (Å²) in [6, 6.07) is 10.4. The first-order valence-electron chi connectivity index (χ1n) is 9.15. The third kappa shape index (κ3) is 5.02. The molecule has 0 spiro atoms. The molecule has 1 aliphatic heterocycles. The SMILES string of the molecule is Cc1ccc(CN(C)CCC(=O)N2CCN(c3ncccn3)CC2)cc1. The third-order valence-electron chi connectivity index (χ3n) is 4.75. The van der Waals surface area contributed by atoms with Crippen molar-refractivity contribution < 1.29 is 4.79 Å². The summed E-state index contributed by atoms with van der Waals surface area (Å²) < 4.78 is 0. The van der Waals surface area contributed by atoms with Gasteiger partial charge in [0.05, 0.1) is 0 Å². The van der Waals surface area contributed by atoms with Crippen LogP contribution < -0.4 is 4.90 Å². The molecular weight excluding hydrogens is 326 g/mol. The van der Waals surface area contributed by atoms with Crippen LogP contribution in [0, 0.1) is 6.92 Å². The lowest BCUT2D eigenvalue weighted by atomic mass is 10.1. The highest BCUT2D eigenvalue weighted by Crippen LogP contribution is 2.11. The molecule has 3 rings (SSSR count). The maximum Gasteiger partial charge on any atom is 0.225 e. The van der Waals surface area contributed by atoms with Crippen molar-refractivity contribution >= 4 is 11.9 Å². The van der Waals surface area contributed by atoms with Gasteiger partial charge in [-0.15, -0.1) is 0 Å². The summed E-state index contributed by atoms with van der Waals surface area (Å²) in [5.41, 5.74) is 2.55. The number of piperazine rings is 1. The fourth-order valence-electron chi connectivity index (χ4n) is 3.14. The average molecular weight is 353 g/mol. The van der Waals surface area contributed by atoms with E-state index in [2.05, 4.69) is 58.0 Å². The Bertz CT molecular complexity index is 696. The highest BCUT2D eigenvalue weighted by Gasteiger charge is 2.22. The topological polar surface area (TPSA) is 52.6 Å². The first-order chi connectivity index (χ1) is 12.6. The summed E-state index contributed by atoms with van der Waals surface area (Å²) >= 11 is 0. The molecular formula is C20H27N5O. The number of rotatable bonds is 6. The summed E-state index contributed by atoms with van der Waals surface area (Å²) in [7, 11) is 2.07. The van der Waals surface area contributed by atoms with Crippen LogP contribution in [0.3, 0.4) is 0 Å². The van der Waals surface area contributed by atoms with Crippen LogP contribution in [0.4, 0.5) is 5.95 Å². The van der Waals surface area contributed by atoms with Gasteiger partial charge in [0, 0.05) is 58.1 Å². The molecule has 2 heterocycles. The van der Waals surface area contributed by atoms with Crippen LogP contribution in [-0.2, 0) is 11.3 Å². The van der Waals surface area contributed by atoms with Crippen LogP contribution in [0.15, 0.2) is 42.7 Å². The Morgan fingerprint density at radius 1 is 1.08 bits per heavy atom. The van der Waals surface area contributed by atoms with Crippen molar-refractivity contribution in [2.45, 2.75) is 19.9 Å². The van der Waals surface area contributed by atoms with Gasteiger partial charge in [-0.05, 0) is 25.6 Å². The van der Waals surface area contributed by atoms with Crippen molar-refractivity contribution in [3.05, 3.63) is 53.9 Å². The lowest BCUT2D eigenvalue weighted by Gasteiger charge is -2.35. The lowest BCUT2D eigenvalue weighted by molar-refractivity contribution is -0.131. The van der Waals surface area contributed by atoms with Crippen molar-refractivity contribution in [2.24, 2.45) is 0 Å². The van der Waals surface area contributed by atoms with E-state index in [-0.39, 0.29) is 5.91 Å². The molecule has 0 N–H and O–H groups in total. The molecule has 2 aromatic rings. The minimum absolute atomic E-state index is 0.231. The zero-order valence-electron chi connectivity index (χ0n) is 15.6. The van der Waals surface area contributed by atoms with E-state index in [9.17, 15) is 4.79 Å². The number of hydrogen-bond acceptors (Lipinski definition) is 5. The van der Waals surface area contributed by atoms with Crippen molar-refractivity contribution in [2.75, 3.05) is 44.7 Å². The number of benzene rings is 1. The second-order valence-electron chi connectivity index (χ2n) is 6.89. The summed E-state index contributed by atoms with van der Waals surface area (Å²) in [5, 5.41) is 0. The monoisotopic (exact) mass is 353 g/mol. The predicted octanol–water partition coefficient (Wildman–Crippen LogP) is 1.96. The molecule has 6 heteroatoms. The Morgan fingerprint density at radius 2 is 1.73 bits per heavy atom. The van der Waals surface area contributed by atoms with Crippen LogP contribution in [0.5, 0.6) is 0 Å². The van der Waals surface area contributed by atoms with Gasteiger partial charge >= 0.3 is 0 Å². The van der Waals surface area contributed by atoms with Crippen molar-refractivity contribution in [3.63, 3.8) is 0 Å². The lowest BCUT2D eigenvalue weighted by Crippen LogP contribution is -2.49. The van der Waals surface area contributed by atoms with Crippen molar-refractivity contribution in [1.82, 2.24) is 19.8 Å². The Labute approximate surface area is 155 Å². The van der Waals surface area contributed by atoms with Crippen LogP contribution in [0.25, 0.3) is 0 Å². The van der Waals surface area contributed by atoms with Gasteiger partial charge in [0.1, 0.15) is 0 Å². The molecule has 0 radical (unpaired) electrons. The van der Waals surface area contributed by atoms with E-state index in [1.54, 1.807) is 12.4 Å². The zero-order valence-corrected chi connectivity index (χ0v) is 15.6. The molecule has 138 valence electrons. The number of nitrogens with zero attached hydrogens (tertiary/aromatic N) is 5. The molecule has 1 aromatic carbocycles. The number of amides is 1. The number of aromatic nitrogens is 2. The van der Waals surface area contributed by atoms with Crippen molar-refractivity contribution in [1.29, 1.82) is 0 Å². The van der Waals surface area contributed by atoms with E-state index in [4.69, 9.17) is 0 Å². The summed E-state index contributed by atoms with van der Waals surface area (Å²) in [5.74, 6) is 0.979. The standard InChI is InChI=1S/C20H27N5O/c1-17-4-6-18(7-5-17)16-23(2)11-8-19(26)24-12-14-25(15-13-24)20-21-9-3-10-22-20/h3-7,9-10H,8,11-16H2,1-2H3. The number of anilines is 1. The first kappa shape index (κ1) is 18.3. The number of carbonyl (C=O) groups excluding carboxylic acids is 1. The third-order valence-corrected chi connectivity index (χ3v) is 4.75. The molecule has 0 unspecified atom stereocenters. The highest BCUT2D eigenvalue weighted by molar-refractivity contribution is 5.76. The molecule has 6 nitrogen and oxygen atoms in total. The minimum Gasteiger partial charge on any atom is -0.339 e. The summed E-state index contributed by atoms with van der Waals surface area (Å²) in [4.78, 5) is 27.4. The molecule has 1 saturated heterocycles. The van der Waals surface area contributed by atoms with Crippen LogP contribution in [-0.4, -0.2) is 65.4 Å². The Morgan fingerprint density at radius 3 is 2.38 bits per heavy atom. The van der Waals surface area contributed by atoms with Gasteiger partial charge in [-0.1, -0.05) is 29.8 Å². The van der Waals surface area contributed by atoms with Crippen molar-refractivity contribution in [3.8, 4) is 0 Å². The molecule has 1 aromatic heterocycles. The maximum absolute atomic E-state index is 12.5. The van der Waals surface area contributed by atoms with Gasteiger partial charge in [-0.3, -0.25) is 4.79 Å². The molecule has 0 saturated carbocycles. The van der Waals surface area contributed by atoms with Crippen LogP contribution >= 0.6 is 0 Å². The highest BCUT2D eigenvalue weighted by atomic mass is 16.2. The molecule has 0 bridgehead atoms. The predicted molar refractivity (Wildman–Crippen MR) is 103 cm³/mol. The van der Waals surface area contributed by atoms with E-state index in [0.717, 1.165) is 45.2 Å². The smallest absolute Gasteiger partial charge is 0.225 e. The Balaban J connectivity index is 1.40. The van der Waals surface area contributed by atoms with Crippen LogP contribution in [0.1, 0.15) is 17.5 Å². The normalized spacial score (nSPS) is 14.7. The first-order valence-corrected chi connectivity index (χ1v) is 9.15. The quantitative estimate of drug-likeness (QED) is 0.795. The van der Waals surface area contributed by atoms with E-state index in [0.29, 0.717) is 6.42 Å². The van der Waals surface area contributed by atoms with E-state index < -0.39 is 0 Å². The van der Waals surface area contributed by atoms with Gasteiger partial charge < -0.3 is 14.7 Å². The van der Waals surface area contributed by atoms with Gasteiger partial charge in [0.25, 0.3) is 0 Å². The number of hydrogen-bond donors (Lipinski definition) is 0. The fraction of sp³-hybridized carbons (Fsp3) is 0.450. The fourth-order valence-corrected chi connectivity index (χ4v) is 3.14. The number of aryl methyl sites for hydroxylation is 1. The van der Waals surface area contributed by atoms with Gasteiger partial charge in [0.2, 0.25) is 11.9 Å². The molecule has 1 amide bonds. The molecule has 1 aliphatic rings. The molecule has 26 heavy (non-hydrogen) atoms. The second kappa shape index (κ2) is 8.76. The molecule has 1 fully saturated rings. The van der Waals surface area contributed by atoms with E-state index in [1.807, 2.05) is 11.0 Å². The van der Waals surface area contributed by atoms with Gasteiger partial charge in [0.15, 0.2) is 0 Å². The molecule has 0 atom stereocenters. The maximum atomic E-state index is 12.5. The largest absolute Gasteiger partial charge is 0.339 e. The molecule has 0 aliphatic carbocycles. The van der Waals surface area contributed by atoms with E-state index >= 15 is 0 Å². The van der Waals surface area contributed by atoms with Crippen LogP contribution in [0.2, 0.25) is 0 Å². The minimum atomic E-state index is 0.231.